The molecule has 1 aromatic heterocycles. The van der Waals surface area contributed by atoms with Crippen LogP contribution in [0.4, 0.5) is 0 Å². The molecule has 0 radical (unpaired) electrons. The third-order valence-corrected chi connectivity index (χ3v) is 11.3. The minimum Gasteiger partial charge on any atom is -1.00 e. The van der Waals surface area contributed by atoms with E-state index in [0.29, 0.717) is 0 Å². The van der Waals surface area contributed by atoms with Gasteiger partial charge in [0.15, 0.2) is 0 Å². The van der Waals surface area contributed by atoms with Gasteiger partial charge in [-0.2, -0.15) is 0 Å². The highest BCUT2D eigenvalue weighted by Gasteiger charge is 2.46. The highest BCUT2D eigenvalue weighted by atomic mass is 35.5. The van der Waals surface area contributed by atoms with Crippen LogP contribution < -0.4 is 28.3 Å². The van der Waals surface area contributed by atoms with E-state index in [1.54, 1.807) is 0 Å². The summed E-state index contributed by atoms with van der Waals surface area (Å²) in [6.45, 7) is 0. The lowest BCUT2D eigenvalue weighted by atomic mass is 10.1. The molecule has 0 N–H and O–H groups in total. The fourth-order valence-electron chi connectivity index (χ4n) is 4.55. The summed E-state index contributed by atoms with van der Waals surface area (Å²) in [6, 6.07) is 46.9. The number of hydrogen-bond acceptors (Lipinski definition) is 1. The van der Waals surface area contributed by atoms with Crippen molar-refractivity contribution in [3.63, 3.8) is 0 Å². The Morgan fingerprint density at radius 3 is 1.67 bits per heavy atom. The van der Waals surface area contributed by atoms with Gasteiger partial charge in [-0.1, -0.05) is 91.0 Å². The van der Waals surface area contributed by atoms with Crippen molar-refractivity contribution in [1.82, 2.24) is 0 Å². The lowest BCUT2D eigenvalue weighted by Crippen LogP contribution is -3.00. The molecule has 3 heteroatoms. The van der Waals surface area contributed by atoms with Crippen LogP contribution in [-0.2, 0) is 12.6 Å². The molecule has 5 aromatic rings. The largest absolute Gasteiger partial charge is 1.00 e. The molecule has 4 aromatic carbocycles. The van der Waals surface area contributed by atoms with Gasteiger partial charge in [0, 0.05) is 16.9 Å². The quantitative estimate of drug-likeness (QED) is 0.308. The Morgan fingerprint density at radius 2 is 1.09 bits per heavy atom. The summed E-state index contributed by atoms with van der Waals surface area (Å²) >= 11 is 1.85. The fourth-order valence-corrected chi connectivity index (χ4v) is 9.77. The summed E-state index contributed by atoms with van der Waals surface area (Å²) in [5.74, 6) is 0. The summed E-state index contributed by atoms with van der Waals surface area (Å²) in [5.41, 5.74) is 2.83. The molecule has 0 aliphatic rings. The Morgan fingerprint density at radius 1 is 0.545 bits per heavy atom. The third kappa shape index (κ3) is 4.97. The van der Waals surface area contributed by atoms with Gasteiger partial charge in [-0.3, -0.25) is 0 Å². The Labute approximate surface area is 207 Å². The van der Waals surface area contributed by atoms with Crippen molar-refractivity contribution in [2.24, 2.45) is 0 Å². The molecule has 33 heavy (non-hydrogen) atoms. The molecule has 0 spiro atoms. The standard InChI is InChI=1S/C30H26PS.ClH/c1-4-13-25(14-5-1)24-31(27-16-6-2-7-17-27,28-18-8-3-9-19-28)30-21-11-10-15-26(30)23-29-20-12-22-32-29;/h1-22H,23-24H2;1H/q+1;/p-1. The van der Waals surface area contributed by atoms with E-state index < -0.39 is 7.26 Å². The van der Waals surface area contributed by atoms with E-state index >= 15 is 0 Å². The van der Waals surface area contributed by atoms with Gasteiger partial charge in [0.05, 0.1) is 6.16 Å². The van der Waals surface area contributed by atoms with E-state index in [4.69, 9.17) is 0 Å². The second-order valence-electron chi connectivity index (χ2n) is 8.01. The predicted octanol–water partition coefficient (Wildman–Crippen LogP) is 3.84. The zero-order chi connectivity index (χ0) is 21.6. The summed E-state index contributed by atoms with van der Waals surface area (Å²) < 4.78 is 0. The first kappa shape index (κ1) is 23.5. The summed E-state index contributed by atoms with van der Waals surface area (Å²) in [6.07, 6.45) is 1.99. The Hall–Kier alpha value is -2.70. The van der Waals surface area contributed by atoms with Crippen molar-refractivity contribution in [3.8, 4) is 0 Å². The number of benzene rings is 4. The molecule has 1 heterocycles. The summed E-state index contributed by atoms with van der Waals surface area (Å²) in [5, 5.41) is 6.55. The first-order valence-corrected chi connectivity index (χ1v) is 13.9. The van der Waals surface area contributed by atoms with E-state index in [0.717, 1.165) is 12.6 Å². The Balaban J connectivity index is 0.00000259. The van der Waals surface area contributed by atoms with Gasteiger partial charge in [0.25, 0.3) is 0 Å². The highest BCUT2D eigenvalue weighted by molar-refractivity contribution is 7.95. The van der Waals surface area contributed by atoms with Crippen LogP contribution >= 0.6 is 18.6 Å². The van der Waals surface area contributed by atoms with E-state index in [-0.39, 0.29) is 12.4 Å². The second-order valence-corrected chi connectivity index (χ2v) is 12.5. The molecule has 0 atom stereocenters. The lowest BCUT2D eigenvalue weighted by Gasteiger charge is -2.29. The Kier molecular flexibility index (Phi) is 7.78. The molecule has 0 nitrogen and oxygen atoms in total. The average Bonchev–Trinajstić information content (AvgIpc) is 3.38. The fraction of sp³-hybridized carbons (Fsp3) is 0.0667. The molecule has 0 unspecified atom stereocenters. The van der Waals surface area contributed by atoms with E-state index in [1.165, 1.54) is 31.9 Å². The predicted molar refractivity (Wildman–Crippen MR) is 142 cm³/mol. The van der Waals surface area contributed by atoms with Crippen molar-refractivity contribution < 1.29 is 12.4 Å². The molecule has 0 saturated carbocycles. The normalized spacial score (nSPS) is 11.0. The molecular formula is C30H26ClPS. The topological polar surface area (TPSA) is 0 Å². The molecule has 5 rings (SSSR count). The van der Waals surface area contributed by atoms with Gasteiger partial charge in [-0.25, -0.2) is 0 Å². The van der Waals surface area contributed by atoms with Crippen LogP contribution in [0.2, 0.25) is 0 Å². The van der Waals surface area contributed by atoms with E-state index in [1.807, 2.05) is 11.3 Å². The maximum absolute atomic E-state index is 2.39. The first-order valence-electron chi connectivity index (χ1n) is 11.0. The molecule has 0 fully saturated rings. The summed E-state index contributed by atoms with van der Waals surface area (Å²) in [7, 11) is -1.93. The number of halogens is 1. The minimum absolute atomic E-state index is 0. The van der Waals surface area contributed by atoms with Crippen LogP contribution in [0.1, 0.15) is 16.0 Å². The van der Waals surface area contributed by atoms with Crippen LogP contribution in [0.15, 0.2) is 133 Å². The van der Waals surface area contributed by atoms with Crippen LogP contribution in [0, 0.1) is 0 Å². The number of hydrogen-bond donors (Lipinski definition) is 0. The zero-order valence-corrected chi connectivity index (χ0v) is 20.8. The van der Waals surface area contributed by atoms with Crippen molar-refractivity contribution in [2.45, 2.75) is 12.6 Å². The molecule has 0 amide bonds. The van der Waals surface area contributed by atoms with Crippen LogP contribution in [0.3, 0.4) is 0 Å². The highest BCUT2D eigenvalue weighted by Crippen LogP contribution is 2.58. The molecule has 0 bridgehead atoms. The third-order valence-electron chi connectivity index (χ3n) is 6.00. The van der Waals surface area contributed by atoms with Gasteiger partial charge in [0.2, 0.25) is 0 Å². The molecule has 0 aliphatic heterocycles. The molecule has 0 aliphatic carbocycles. The molecule has 0 saturated heterocycles. The smallest absolute Gasteiger partial charge is 0.116 e. The van der Waals surface area contributed by atoms with Gasteiger partial charge in [0.1, 0.15) is 23.2 Å². The first-order chi connectivity index (χ1) is 15.9. The molecule has 164 valence electrons. The second kappa shape index (κ2) is 10.9. The minimum atomic E-state index is -1.93. The SMILES string of the molecule is [Cl-].c1ccc(C[P+](c2ccccc2)(c2ccccc2)c2ccccc2Cc2cccs2)cc1. The van der Waals surface area contributed by atoms with Gasteiger partial charge < -0.3 is 12.4 Å². The Bertz CT molecular complexity index is 1210. The van der Waals surface area contributed by atoms with Gasteiger partial charge >= 0.3 is 0 Å². The van der Waals surface area contributed by atoms with Gasteiger partial charge in [-0.15, -0.1) is 11.3 Å². The molecular weight excluding hydrogens is 459 g/mol. The van der Waals surface area contributed by atoms with Crippen molar-refractivity contribution in [1.29, 1.82) is 0 Å². The maximum Gasteiger partial charge on any atom is 0.116 e. The van der Waals surface area contributed by atoms with Crippen molar-refractivity contribution in [2.75, 3.05) is 0 Å². The van der Waals surface area contributed by atoms with Crippen LogP contribution in [0.25, 0.3) is 0 Å². The van der Waals surface area contributed by atoms with Gasteiger partial charge in [-0.05, 0) is 47.3 Å². The average molecular weight is 485 g/mol. The van der Waals surface area contributed by atoms with Crippen LogP contribution in [-0.4, -0.2) is 0 Å². The van der Waals surface area contributed by atoms with E-state index in [9.17, 15) is 0 Å². The maximum atomic E-state index is 2.39. The lowest BCUT2D eigenvalue weighted by molar-refractivity contribution is -0.00000612. The zero-order valence-electron chi connectivity index (χ0n) is 18.3. The summed E-state index contributed by atoms with van der Waals surface area (Å²) in [4.78, 5) is 1.41. The monoisotopic (exact) mass is 484 g/mol. The van der Waals surface area contributed by atoms with Crippen LogP contribution in [0.5, 0.6) is 0 Å². The van der Waals surface area contributed by atoms with Crippen molar-refractivity contribution in [3.05, 3.63) is 149 Å². The van der Waals surface area contributed by atoms with Crippen molar-refractivity contribution >= 4 is 34.5 Å². The number of thiophene rings is 1. The van der Waals surface area contributed by atoms with E-state index in [2.05, 4.69) is 133 Å². The number of rotatable bonds is 7.